The molecule has 3 N–H and O–H groups in total. The van der Waals surface area contributed by atoms with E-state index < -0.39 is 0 Å². The van der Waals surface area contributed by atoms with E-state index in [-0.39, 0.29) is 12.6 Å². The first-order valence-corrected chi connectivity index (χ1v) is 5.91. The van der Waals surface area contributed by atoms with Crippen molar-refractivity contribution in [3.8, 4) is 0 Å². The molecule has 0 radical (unpaired) electrons. The number of urea groups is 1. The van der Waals surface area contributed by atoms with Gasteiger partial charge in [0.2, 0.25) is 0 Å². The Morgan fingerprint density at radius 1 is 1.50 bits per heavy atom. The van der Waals surface area contributed by atoms with Gasteiger partial charge in [-0.1, -0.05) is 11.6 Å². The molecule has 0 aliphatic rings. The molecular weight excluding hydrogens is 295 g/mol. The number of aliphatic hydroxyl groups excluding tert-OH is 1. The van der Waals surface area contributed by atoms with Crippen molar-refractivity contribution in [2.24, 2.45) is 0 Å². The van der Waals surface area contributed by atoms with Crippen LogP contribution in [-0.2, 0) is 0 Å². The molecule has 0 saturated carbocycles. The van der Waals surface area contributed by atoms with E-state index in [0.717, 1.165) is 4.47 Å². The fraction of sp³-hybridized carbons (Fsp3) is 0.300. The monoisotopic (exact) mass is 306 g/mol. The lowest BCUT2D eigenvalue weighted by Gasteiger charge is -2.07. The Bertz CT molecular complexity index is 374. The fourth-order valence-corrected chi connectivity index (χ4v) is 1.53. The highest BCUT2D eigenvalue weighted by atomic mass is 79.9. The molecule has 4 nitrogen and oxygen atoms in total. The summed E-state index contributed by atoms with van der Waals surface area (Å²) in [4.78, 5) is 11.3. The number of benzene rings is 1. The van der Waals surface area contributed by atoms with Gasteiger partial charge in [0.15, 0.2) is 0 Å². The minimum absolute atomic E-state index is 0.0623. The van der Waals surface area contributed by atoms with Gasteiger partial charge in [-0.25, -0.2) is 4.79 Å². The van der Waals surface area contributed by atoms with E-state index in [9.17, 15) is 4.79 Å². The van der Waals surface area contributed by atoms with Gasteiger partial charge in [-0.05, 0) is 40.5 Å². The van der Waals surface area contributed by atoms with Crippen LogP contribution in [0.3, 0.4) is 0 Å². The summed E-state index contributed by atoms with van der Waals surface area (Å²) in [7, 11) is 0. The molecule has 0 heterocycles. The Hall–Kier alpha value is -0.780. The minimum atomic E-state index is -0.303. The normalized spacial score (nSPS) is 9.94. The predicted octanol–water partition coefficient (Wildman–Crippen LogP) is 2.61. The molecule has 0 unspecified atom stereocenters. The maximum absolute atomic E-state index is 11.3. The van der Waals surface area contributed by atoms with Crippen molar-refractivity contribution in [3.05, 3.63) is 27.7 Å². The number of hydrogen-bond acceptors (Lipinski definition) is 2. The summed E-state index contributed by atoms with van der Waals surface area (Å²) < 4.78 is 0.724. The first kappa shape index (κ1) is 13.3. The molecule has 1 rings (SSSR count). The van der Waals surface area contributed by atoms with Crippen molar-refractivity contribution in [1.29, 1.82) is 0 Å². The maximum atomic E-state index is 11.3. The number of amides is 2. The minimum Gasteiger partial charge on any atom is -0.396 e. The number of nitrogens with one attached hydrogen (secondary N) is 2. The molecule has 0 aliphatic carbocycles. The molecule has 1 aromatic rings. The van der Waals surface area contributed by atoms with E-state index in [1.807, 2.05) is 0 Å². The fourth-order valence-electron chi connectivity index (χ4n) is 1.03. The van der Waals surface area contributed by atoms with Gasteiger partial charge in [-0.2, -0.15) is 0 Å². The highest BCUT2D eigenvalue weighted by molar-refractivity contribution is 9.10. The summed E-state index contributed by atoms with van der Waals surface area (Å²) in [6, 6.07) is 4.81. The Morgan fingerprint density at radius 2 is 2.25 bits per heavy atom. The zero-order valence-electron chi connectivity index (χ0n) is 8.46. The quantitative estimate of drug-likeness (QED) is 0.749. The van der Waals surface area contributed by atoms with Crippen molar-refractivity contribution in [2.45, 2.75) is 6.42 Å². The van der Waals surface area contributed by atoms with Crippen LogP contribution >= 0.6 is 27.5 Å². The second-order valence-corrected chi connectivity index (χ2v) is 4.35. The Balaban J connectivity index is 2.46. The zero-order chi connectivity index (χ0) is 12.0. The summed E-state index contributed by atoms with van der Waals surface area (Å²) in [6.07, 6.45) is 0.539. The topological polar surface area (TPSA) is 61.4 Å². The third-order valence-corrected chi connectivity index (χ3v) is 3.01. The summed E-state index contributed by atoms with van der Waals surface area (Å²) >= 11 is 9.08. The summed E-state index contributed by atoms with van der Waals surface area (Å²) in [5.74, 6) is 0. The van der Waals surface area contributed by atoms with E-state index in [1.54, 1.807) is 18.2 Å². The van der Waals surface area contributed by atoms with E-state index >= 15 is 0 Å². The largest absolute Gasteiger partial charge is 0.396 e. The molecule has 0 aliphatic heterocycles. The average Bonchev–Trinajstić information content (AvgIpc) is 2.24. The maximum Gasteiger partial charge on any atom is 0.319 e. The van der Waals surface area contributed by atoms with E-state index in [1.165, 1.54) is 0 Å². The van der Waals surface area contributed by atoms with Gasteiger partial charge in [0.1, 0.15) is 0 Å². The molecule has 0 atom stereocenters. The molecule has 1 aromatic carbocycles. The summed E-state index contributed by atoms with van der Waals surface area (Å²) in [5, 5.41) is 14.4. The Labute approximate surface area is 107 Å². The Morgan fingerprint density at radius 3 is 2.88 bits per heavy atom. The molecule has 0 saturated heterocycles. The number of carbonyl (C=O) groups is 1. The lowest BCUT2D eigenvalue weighted by Crippen LogP contribution is -2.29. The molecule has 6 heteroatoms. The van der Waals surface area contributed by atoms with E-state index in [2.05, 4.69) is 26.6 Å². The molecule has 88 valence electrons. The third kappa shape index (κ3) is 4.38. The van der Waals surface area contributed by atoms with Crippen molar-refractivity contribution >= 4 is 39.2 Å². The number of aliphatic hydroxyl groups is 1. The van der Waals surface area contributed by atoms with Crippen molar-refractivity contribution in [1.82, 2.24) is 5.32 Å². The van der Waals surface area contributed by atoms with Crippen LogP contribution in [0, 0.1) is 0 Å². The van der Waals surface area contributed by atoms with Crippen LogP contribution in [-0.4, -0.2) is 24.3 Å². The molecule has 0 bridgehead atoms. The number of anilines is 1. The van der Waals surface area contributed by atoms with Crippen LogP contribution < -0.4 is 10.6 Å². The molecule has 2 amide bonds. The highest BCUT2D eigenvalue weighted by Gasteiger charge is 2.02. The Kier molecular flexibility index (Phi) is 5.59. The second kappa shape index (κ2) is 6.73. The highest BCUT2D eigenvalue weighted by Crippen LogP contribution is 2.25. The second-order valence-electron chi connectivity index (χ2n) is 3.09. The molecule has 0 spiro atoms. The van der Waals surface area contributed by atoms with Gasteiger partial charge in [0.05, 0.1) is 5.02 Å². The number of rotatable bonds is 4. The lowest BCUT2D eigenvalue weighted by molar-refractivity contribution is 0.249. The lowest BCUT2D eigenvalue weighted by atomic mass is 10.3. The van der Waals surface area contributed by atoms with Crippen molar-refractivity contribution in [3.63, 3.8) is 0 Å². The van der Waals surface area contributed by atoms with E-state index in [0.29, 0.717) is 23.7 Å². The van der Waals surface area contributed by atoms with Crippen LogP contribution in [0.15, 0.2) is 22.7 Å². The van der Waals surface area contributed by atoms with Crippen LogP contribution in [0.2, 0.25) is 5.02 Å². The van der Waals surface area contributed by atoms with Gasteiger partial charge in [0.25, 0.3) is 0 Å². The molecule has 0 aromatic heterocycles. The van der Waals surface area contributed by atoms with Crippen LogP contribution in [0.25, 0.3) is 0 Å². The number of halogens is 2. The summed E-state index contributed by atoms with van der Waals surface area (Å²) in [5.41, 5.74) is 0.651. The zero-order valence-corrected chi connectivity index (χ0v) is 10.8. The first-order chi connectivity index (χ1) is 7.63. The first-order valence-electron chi connectivity index (χ1n) is 4.74. The predicted molar refractivity (Wildman–Crippen MR) is 67.9 cm³/mol. The number of hydrogen-bond donors (Lipinski definition) is 3. The van der Waals surface area contributed by atoms with Gasteiger partial charge < -0.3 is 15.7 Å². The molecule has 16 heavy (non-hydrogen) atoms. The smallest absolute Gasteiger partial charge is 0.319 e. The van der Waals surface area contributed by atoms with Crippen LogP contribution in [0.1, 0.15) is 6.42 Å². The van der Waals surface area contributed by atoms with Crippen molar-refractivity contribution < 1.29 is 9.90 Å². The van der Waals surface area contributed by atoms with Crippen molar-refractivity contribution in [2.75, 3.05) is 18.5 Å². The average molecular weight is 308 g/mol. The standard InChI is InChI=1S/C10H12BrClN2O2/c11-8-6-7(2-3-9(8)12)14-10(16)13-4-1-5-15/h2-3,6,15H,1,4-5H2,(H2,13,14,16). The molecular formula is C10H12BrClN2O2. The SMILES string of the molecule is O=C(NCCCO)Nc1ccc(Cl)c(Br)c1. The number of carbonyl (C=O) groups excluding carboxylic acids is 1. The third-order valence-electron chi connectivity index (χ3n) is 1.80. The summed E-state index contributed by atoms with van der Waals surface area (Å²) in [6.45, 7) is 0.504. The van der Waals surface area contributed by atoms with Gasteiger partial charge >= 0.3 is 6.03 Å². The van der Waals surface area contributed by atoms with Gasteiger partial charge in [-0.3, -0.25) is 0 Å². The molecule has 0 fully saturated rings. The van der Waals surface area contributed by atoms with Gasteiger partial charge in [-0.15, -0.1) is 0 Å². The van der Waals surface area contributed by atoms with Crippen LogP contribution in [0.5, 0.6) is 0 Å². The van der Waals surface area contributed by atoms with E-state index in [4.69, 9.17) is 16.7 Å². The van der Waals surface area contributed by atoms with Crippen LogP contribution in [0.4, 0.5) is 10.5 Å². The van der Waals surface area contributed by atoms with Gasteiger partial charge in [0, 0.05) is 23.3 Å².